The maximum atomic E-state index is 5.07. The summed E-state index contributed by atoms with van der Waals surface area (Å²) in [5.74, 6) is 0.864. The predicted molar refractivity (Wildman–Crippen MR) is 114 cm³/mol. The van der Waals surface area contributed by atoms with Crippen LogP contribution in [0.3, 0.4) is 0 Å². The van der Waals surface area contributed by atoms with Crippen LogP contribution in [0, 0.1) is 0 Å². The Hall–Kier alpha value is -2.86. The van der Waals surface area contributed by atoms with E-state index in [0.717, 1.165) is 39.5 Å². The first-order valence-electron chi connectivity index (χ1n) is 9.41. The number of aryl methyl sites for hydroxylation is 1. The van der Waals surface area contributed by atoms with E-state index in [2.05, 4.69) is 71.5 Å². The molecular weight excluding hydrogens is 366 g/mol. The van der Waals surface area contributed by atoms with Crippen LogP contribution in [0.4, 0.5) is 5.69 Å². The fraction of sp³-hybridized carbons (Fsp3) is 0.273. The van der Waals surface area contributed by atoms with Gasteiger partial charge in [0.1, 0.15) is 5.84 Å². The van der Waals surface area contributed by atoms with E-state index in [9.17, 15) is 0 Å². The van der Waals surface area contributed by atoms with Gasteiger partial charge in [-0.3, -0.25) is 9.98 Å². The number of hydrogen-bond donors (Lipinski definition) is 1. The second-order valence-corrected chi connectivity index (χ2v) is 8.48. The molecule has 1 aromatic carbocycles. The molecule has 2 aromatic heterocycles. The Bertz CT molecular complexity index is 1130. The lowest BCUT2D eigenvalue weighted by Crippen LogP contribution is -2.30. The van der Waals surface area contributed by atoms with E-state index in [0.29, 0.717) is 0 Å². The summed E-state index contributed by atoms with van der Waals surface area (Å²) in [4.78, 5) is 10.5. The summed E-state index contributed by atoms with van der Waals surface area (Å²) in [6, 6.07) is 8.52. The van der Waals surface area contributed by atoms with E-state index >= 15 is 0 Å². The van der Waals surface area contributed by atoms with Crippen LogP contribution in [0.25, 0.3) is 10.4 Å². The average molecular weight is 388 g/mol. The molecule has 2 atom stereocenters. The minimum Gasteiger partial charge on any atom is -0.340 e. The molecule has 0 spiro atoms. The summed E-state index contributed by atoms with van der Waals surface area (Å²) in [5, 5.41) is 7.54. The summed E-state index contributed by atoms with van der Waals surface area (Å²) in [7, 11) is 0. The number of anilines is 1. The van der Waals surface area contributed by atoms with Gasteiger partial charge in [0.25, 0.3) is 0 Å². The zero-order valence-corrected chi connectivity index (χ0v) is 17.0. The quantitative estimate of drug-likeness (QED) is 0.666. The van der Waals surface area contributed by atoms with E-state index in [4.69, 9.17) is 4.99 Å². The van der Waals surface area contributed by atoms with Gasteiger partial charge < -0.3 is 5.32 Å². The molecule has 3 heterocycles. The molecule has 0 saturated heterocycles. The Morgan fingerprint density at radius 1 is 1.18 bits per heavy atom. The van der Waals surface area contributed by atoms with Crippen molar-refractivity contribution >= 4 is 23.1 Å². The van der Waals surface area contributed by atoms with Gasteiger partial charge in [0.15, 0.2) is 0 Å². The second-order valence-electron chi connectivity index (χ2n) is 7.69. The van der Waals surface area contributed by atoms with Crippen LogP contribution < -0.4 is 5.32 Å². The van der Waals surface area contributed by atoms with Gasteiger partial charge in [-0.05, 0) is 72.3 Å². The van der Waals surface area contributed by atoms with Crippen LogP contribution in [0.2, 0.25) is 0 Å². The number of rotatable bonds is 3. The molecule has 1 aliphatic heterocycles. The van der Waals surface area contributed by atoms with Gasteiger partial charge in [-0.2, -0.15) is 0 Å². The number of amidine groups is 1. The highest BCUT2D eigenvalue weighted by Gasteiger charge is 2.69. The molecule has 140 valence electrons. The van der Waals surface area contributed by atoms with Crippen molar-refractivity contribution in [3.8, 4) is 10.4 Å². The molecule has 5 rings (SSSR count). The summed E-state index contributed by atoms with van der Waals surface area (Å²) in [5.41, 5.74) is 6.53. The SMILES string of the molecule is C=C1C2(C)c3ccncc3C(Nc3ccc(-c4cnns4)cc3CC)=N[C@]12C. The van der Waals surface area contributed by atoms with Gasteiger partial charge in [0.05, 0.1) is 16.6 Å². The van der Waals surface area contributed by atoms with Crippen molar-refractivity contribution in [2.24, 2.45) is 4.99 Å². The number of fused-ring (bicyclic) bond motifs is 3. The number of nitrogens with one attached hydrogen (secondary N) is 1. The Labute approximate surface area is 168 Å². The van der Waals surface area contributed by atoms with Crippen LogP contribution in [-0.2, 0) is 11.8 Å². The Balaban J connectivity index is 1.57. The van der Waals surface area contributed by atoms with Crippen LogP contribution >= 0.6 is 11.5 Å². The van der Waals surface area contributed by atoms with Gasteiger partial charge in [-0.15, -0.1) is 5.10 Å². The van der Waals surface area contributed by atoms with Crippen LogP contribution in [0.15, 0.2) is 60.0 Å². The number of nitrogens with zero attached hydrogens (tertiary/aromatic N) is 4. The van der Waals surface area contributed by atoms with Crippen LogP contribution in [-0.4, -0.2) is 25.9 Å². The van der Waals surface area contributed by atoms with Gasteiger partial charge in [-0.25, -0.2) is 0 Å². The molecule has 1 aliphatic carbocycles. The highest BCUT2D eigenvalue weighted by molar-refractivity contribution is 7.09. The third-order valence-corrected chi connectivity index (χ3v) is 7.15. The average Bonchev–Trinajstić information content (AvgIpc) is 3.10. The zero-order chi connectivity index (χ0) is 19.5. The highest BCUT2D eigenvalue weighted by Crippen LogP contribution is 2.66. The molecule has 6 heteroatoms. The third kappa shape index (κ3) is 2.18. The molecule has 0 amide bonds. The molecule has 0 radical (unpaired) electrons. The van der Waals surface area contributed by atoms with E-state index in [-0.39, 0.29) is 11.0 Å². The smallest absolute Gasteiger partial charge is 0.135 e. The lowest BCUT2D eigenvalue weighted by molar-refractivity contribution is 0.602. The molecule has 1 unspecified atom stereocenters. The van der Waals surface area contributed by atoms with Crippen molar-refractivity contribution in [3.05, 3.63) is 71.7 Å². The number of hydrogen-bond acceptors (Lipinski definition) is 6. The topological polar surface area (TPSA) is 63.1 Å². The minimum absolute atomic E-state index is 0.104. The monoisotopic (exact) mass is 387 g/mol. The lowest BCUT2D eigenvalue weighted by Gasteiger charge is -2.26. The molecule has 5 nitrogen and oxygen atoms in total. The zero-order valence-electron chi connectivity index (χ0n) is 16.2. The highest BCUT2D eigenvalue weighted by atomic mass is 32.1. The largest absolute Gasteiger partial charge is 0.340 e. The molecule has 1 fully saturated rings. The molecule has 28 heavy (non-hydrogen) atoms. The van der Waals surface area contributed by atoms with Crippen LogP contribution in [0.5, 0.6) is 0 Å². The van der Waals surface area contributed by atoms with E-state index in [1.807, 2.05) is 12.4 Å². The van der Waals surface area contributed by atoms with Crippen LogP contribution in [0.1, 0.15) is 37.5 Å². The normalized spacial score (nSPS) is 25.0. The maximum Gasteiger partial charge on any atom is 0.135 e. The first-order chi connectivity index (χ1) is 13.5. The lowest BCUT2D eigenvalue weighted by atomic mass is 9.87. The van der Waals surface area contributed by atoms with Gasteiger partial charge >= 0.3 is 0 Å². The van der Waals surface area contributed by atoms with Crippen molar-refractivity contribution in [2.75, 3.05) is 5.32 Å². The fourth-order valence-electron chi connectivity index (χ4n) is 4.35. The standard InChI is InChI=1S/C22H21N5S/c1-5-14-10-15(19-12-24-27-28-19)6-7-18(14)25-20-16-11-23-9-8-17(16)21(3)13(2)22(21,4)26-20/h6-12H,2,5H2,1,3-4H3,(H,25,26)/t21?,22-/m1/s1. The summed E-state index contributed by atoms with van der Waals surface area (Å²) < 4.78 is 3.97. The molecule has 1 saturated carbocycles. The van der Waals surface area contributed by atoms with E-state index < -0.39 is 0 Å². The van der Waals surface area contributed by atoms with Crippen molar-refractivity contribution in [1.29, 1.82) is 0 Å². The minimum atomic E-state index is -0.260. The molecule has 2 aliphatic rings. The summed E-state index contributed by atoms with van der Waals surface area (Å²) in [6.07, 6.45) is 6.48. The first-order valence-corrected chi connectivity index (χ1v) is 10.2. The van der Waals surface area contributed by atoms with Gasteiger partial charge in [0.2, 0.25) is 0 Å². The van der Waals surface area contributed by atoms with Gasteiger partial charge in [-0.1, -0.05) is 24.1 Å². The van der Waals surface area contributed by atoms with Gasteiger partial charge in [0, 0.05) is 29.1 Å². The Morgan fingerprint density at radius 3 is 2.79 bits per heavy atom. The van der Waals surface area contributed by atoms with E-state index in [1.165, 1.54) is 22.7 Å². The number of pyridine rings is 1. The maximum absolute atomic E-state index is 5.07. The Morgan fingerprint density at radius 2 is 2.04 bits per heavy atom. The summed E-state index contributed by atoms with van der Waals surface area (Å²) >= 11 is 1.41. The molecule has 1 N–H and O–H groups in total. The van der Waals surface area contributed by atoms with Crippen molar-refractivity contribution in [1.82, 2.24) is 14.6 Å². The van der Waals surface area contributed by atoms with Crippen molar-refractivity contribution < 1.29 is 0 Å². The number of aliphatic imine (C=N–C) groups is 1. The number of aromatic nitrogens is 3. The second kappa shape index (κ2) is 5.82. The molecule has 0 bridgehead atoms. The van der Waals surface area contributed by atoms with Crippen molar-refractivity contribution in [2.45, 2.75) is 38.1 Å². The molecular formula is C22H21N5S. The fourth-order valence-corrected chi connectivity index (χ4v) is 4.85. The summed E-state index contributed by atoms with van der Waals surface area (Å²) in [6.45, 7) is 10.9. The van der Waals surface area contributed by atoms with E-state index in [1.54, 1.807) is 6.20 Å². The predicted octanol–water partition coefficient (Wildman–Crippen LogP) is 4.62. The third-order valence-electron chi connectivity index (χ3n) is 6.44. The van der Waals surface area contributed by atoms with Crippen molar-refractivity contribution in [3.63, 3.8) is 0 Å². The number of benzene rings is 1. The Kier molecular flexibility index (Phi) is 3.58. The first kappa shape index (κ1) is 17.3. The molecule has 3 aromatic rings.